The maximum absolute atomic E-state index is 13.7. The normalized spacial score (nSPS) is 15.7. The van der Waals surface area contributed by atoms with Crippen LogP contribution in [0.25, 0.3) is 0 Å². The third-order valence-electron chi connectivity index (χ3n) is 6.06. The molecule has 0 aromatic heterocycles. The van der Waals surface area contributed by atoms with E-state index in [1.165, 1.54) is 18.2 Å². The Kier molecular flexibility index (Phi) is 8.55. The van der Waals surface area contributed by atoms with Crippen LogP contribution in [0.3, 0.4) is 0 Å². The van der Waals surface area contributed by atoms with Gasteiger partial charge >= 0.3 is 6.18 Å². The van der Waals surface area contributed by atoms with Crippen LogP contribution < -0.4 is 25.0 Å². The molecular formula is C25H26F3N3O6S. The van der Waals surface area contributed by atoms with Crippen molar-refractivity contribution < 1.29 is 41.2 Å². The molecule has 1 saturated carbocycles. The minimum Gasteiger partial charge on any atom is -0.454 e. The molecule has 0 bridgehead atoms. The average molecular weight is 554 g/mol. The lowest BCUT2D eigenvalue weighted by atomic mass is 10.1. The van der Waals surface area contributed by atoms with E-state index in [-0.39, 0.29) is 12.8 Å². The van der Waals surface area contributed by atoms with Gasteiger partial charge in [0, 0.05) is 28.6 Å². The summed E-state index contributed by atoms with van der Waals surface area (Å²) in [6.07, 6.45) is -1.43. The van der Waals surface area contributed by atoms with Gasteiger partial charge in [0.2, 0.25) is 24.5 Å². The number of nitrogens with one attached hydrogen (secondary N) is 2. The van der Waals surface area contributed by atoms with Gasteiger partial charge in [-0.15, -0.1) is 0 Å². The average Bonchev–Trinajstić information content (AvgIpc) is 3.53. The predicted molar refractivity (Wildman–Crippen MR) is 133 cm³/mol. The van der Waals surface area contributed by atoms with Gasteiger partial charge in [-0.25, -0.2) is 0 Å². The molecule has 2 aliphatic rings. The lowest BCUT2D eigenvalue weighted by Gasteiger charge is -2.26. The van der Waals surface area contributed by atoms with Gasteiger partial charge in [0.15, 0.2) is 11.5 Å². The number of nitrogens with zero attached hydrogens (tertiary/aromatic N) is 1. The molecule has 1 aliphatic heterocycles. The molecule has 0 spiro atoms. The zero-order chi connectivity index (χ0) is 27.3. The van der Waals surface area contributed by atoms with Gasteiger partial charge in [0.1, 0.15) is 18.1 Å². The van der Waals surface area contributed by atoms with E-state index in [2.05, 4.69) is 10.6 Å². The van der Waals surface area contributed by atoms with E-state index in [4.69, 9.17) is 9.47 Å². The summed E-state index contributed by atoms with van der Waals surface area (Å²) in [6, 6.07) is 8.93. The Labute approximate surface area is 219 Å². The number of rotatable bonds is 9. The molecule has 0 saturated heterocycles. The molecule has 0 unspecified atom stereocenters. The molecule has 9 nitrogen and oxygen atoms in total. The summed E-state index contributed by atoms with van der Waals surface area (Å²) in [6.45, 7) is -0.630. The van der Waals surface area contributed by atoms with Gasteiger partial charge in [0.05, 0.1) is 11.3 Å². The highest BCUT2D eigenvalue weighted by molar-refractivity contribution is 7.86. The Morgan fingerprint density at radius 3 is 2.42 bits per heavy atom. The summed E-state index contributed by atoms with van der Waals surface area (Å²) >= 11 is 0. The minimum absolute atomic E-state index is 0.0471. The second-order valence-corrected chi connectivity index (χ2v) is 10.3. The number of carbonyl (C=O) groups excluding carboxylic acids is 3. The van der Waals surface area contributed by atoms with E-state index >= 15 is 0 Å². The Morgan fingerprint density at radius 2 is 1.68 bits per heavy atom. The van der Waals surface area contributed by atoms with Gasteiger partial charge in [-0.3, -0.25) is 18.6 Å². The van der Waals surface area contributed by atoms with E-state index in [1.807, 2.05) is 0 Å². The molecule has 2 aromatic carbocycles. The van der Waals surface area contributed by atoms with E-state index < -0.39 is 64.0 Å². The first kappa shape index (κ1) is 27.4. The predicted octanol–water partition coefficient (Wildman–Crippen LogP) is 3.21. The second kappa shape index (κ2) is 11.8. The standard InChI is InChI=1S/C25H26F3N3O6S/c26-25(27,28)18-7-3-4-8-19(18)31(12-22(32)29-16-5-1-2-6-16)24(34)14-38(35)13-23(33)30-17-9-10-20-21(11-17)37-15-36-20/h3-4,7-11,16H,1-2,5-6,12-15H2,(H,29,32)(H,30,33)/t38-/m1/s1. The number of para-hydroxylation sites is 1. The Hall–Kier alpha value is -3.61. The van der Waals surface area contributed by atoms with Gasteiger partial charge in [-0.05, 0) is 37.1 Å². The van der Waals surface area contributed by atoms with Crippen molar-refractivity contribution in [2.45, 2.75) is 37.9 Å². The molecule has 3 amide bonds. The van der Waals surface area contributed by atoms with Crippen LogP contribution in [0.5, 0.6) is 11.5 Å². The van der Waals surface area contributed by atoms with Gasteiger partial charge in [-0.1, -0.05) is 25.0 Å². The molecule has 38 heavy (non-hydrogen) atoms. The largest absolute Gasteiger partial charge is 0.454 e. The summed E-state index contributed by atoms with van der Waals surface area (Å²) in [5, 5.41) is 5.28. The Bertz CT molecular complexity index is 1230. The summed E-state index contributed by atoms with van der Waals surface area (Å²) in [5.74, 6) is -2.66. The van der Waals surface area contributed by atoms with Crippen LogP contribution >= 0.6 is 0 Å². The number of ether oxygens (including phenoxy) is 2. The SMILES string of the molecule is O=C(C[S@@](=O)CC(=O)N(CC(=O)NC1CCCC1)c1ccccc1C(F)(F)F)Nc1ccc2c(c1)OCO2. The topological polar surface area (TPSA) is 114 Å². The van der Waals surface area contributed by atoms with Crippen molar-refractivity contribution in [3.05, 3.63) is 48.0 Å². The summed E-state index contributed by atoms with van der Waals surface area (Å²) in [5.41, 5.74) is -1.27. The molecule has 204 valence electrons. The lowest BCUT2D eigenvalue weighted by molar-refractivity contribution is -0.137. The van der Waals surface area contributed by atoms with Crippen LogP contribution in [0.15, 0.2) is 42.5 Å². The highest BCUT2D eigenvalue weighted by atomic mass is 32.2. The number of anilines is 2. The molecule has 4 rings (SSSR count). The zero-order valence-corrected chi connectivity index (χ0v) is 21.0. The molecule has 13 heteroatoms. The third kappa shape index (κ3) is 7.03. The van der Waals surface area contributed by atoms with Crippen LogP contribution in [-0.4, -0.2) is 52.8 Å². The summed E-state index contributed by atoms with van der Waals surface area (Å²) < 4.78 is 64.2. The fraction of sp³-hybridized carbons (Fsp3) is 0.400. The number of amides is 3. The van der Waals surface area contributed by atoms with Crippen molar-refractivity contribution in [3.63, 3.8) is 0 Å². The molecule has 1 fully saturated rings. The fourth-order valence-corrected chi connectivity index (χ4v) is 5.23. The first-order chi connectivity index (χ1) is 18.1. The van der Waals surface area contributed by atoms with E-state index in [1.54, 1.807) is 12.1 Å². The number of alkyl halides is 3. The van der Waals surface area contributed by atoms with E-state index in [9.17, 15) is 31.8 Å². The Balaban J connectivity index is 1.44. The van der Waals surface area contributed by atoms with Crippen LogP contribution in [0, 0.1) is 0 Å². The number of hydrogen-bond donors (Lipinski definition) is 2. The minimum atomic E-state index is -4.79. The van der Waals surface area contributed by atoms with Crippen LogP contribution in [0.1, 0.15) is 31.2 Å². The molecule has 1 heterocycles. The maximum atomic E-state index is 13.7. The first-order valence-electron chi connectivity index (χ1n) is 11.9. The molecule has 2 N–H and O–H groups in total. The monoisotopic (exact) mass is 553 g/mol. The number of hydrogen-bond acceptors (Lipinski definition) is 6. The number of halogens is 3. The van der Waals surface area contributed by atoms with Crippen molar-refractivity contribution in [3.8, 4) is 11.5 Å². The van der Waals surface area contributed by atoms with Crippen molar-refractivity contribution >= 4 is 39.9 Å². The third-order valence-corrected chi connectivity index (χ3v) is 7.21. The van der Waals surface area contributed by atoms with E-state index in [0.29, 0.717) is 22.1 Å². The number of benzene rings is 2. The molecule has 1 atom stereocenters. The summed E-state index contributed by atoms with van der Waals surface area (Å²) in [4.78, 5) is 38.8. The smallest absolute Gasteiger partial charge is 0.418 e. The van der Waals surface area contributed by atoms with Crippen molar-refractivity contribution in [2.75, 3.05) is 35.1 Å². The highest BCUT2D eigenvalue weighted by Gasteiger charge is 2.36. The maximum Gasteiger partial charge on any atom is 0.418 e. The Morgan fingerprint density at radius 1 is 0.974 bits per heavy atom. The number of fused-ring (bicyclic) bond motifs is 1. The molecule has 0 radical (unpaired) electrons. The molecule has 2 aromatic rings. The lowest BCUT2D eigenvalue weighted by Crippen LogP contribution is -2.46. The van der Waals surface area contributed by atoms with Crippen molar-refractivity contribution in [1.82, 2.24) is 5.32 Å². The highest BCUT2D eigenvalue weighted by Crippen LogP contribution is 2.37. The van der Waals surface area contributed by atoms with E-state index in [0.717, 1.165) is 37.8 Å². The number of carbonyl (C=O) groups is 3. The summed E-state index contributed by atoms with van der Waals surface area (Å²) in [7, 11) is -2.07. The zero-order valence-electron chi connectivity index (χ0n) is 20.2. The van der Waals surface area contributed by atoms with Crippen LogP contribution in [-0.2, 0) is 31.4 Å². The van der Waals surface area contributed by atoms with Crippen molar-refractivity contribution in [2.24, 2.45) is 0 Å². The molecule has 1 aliphatic carbocycles. The van der Waals surface area contributed by atoms with Crippen molar-refractivity contribution in [1.29, 1.82) is 0 Å². The van der Waals surface area contributed by atoms with Gasteiger partial charge < -0.3 is 25.0 Å². The second-order valence-electron chi connectivity index (χ2n) is 8.89. The van der Waals surface area contributed by atoms with Crippen LogP contribution in [0.2, 0.25) is 0 Å². The molecular weight excluding hydrogens is 527 g/mol. The quantitative estimate of drug-likeness (QED) is 0.493. The van der Waals surface area contributed by atoms with Gasteiger partial charge in [-0.2, -0.15) is 13.2 Å². The fourth-order valence-electron chi connectivity index (χ4n) is 4.33. The van der Waals surface area contributed by atoms with Gasteiger partial charge in [0.25, 0.3) is 0 Å². The van der Waals surface area contributed by atoms with Crippen LogP contribution in [0.4, 0.5) is 24.5 Å². The first-order valence-corrected chi connectivity index (χ1v) is 13.4.